The second-order valence-electron chi connectivity index (χ2n) is 14.4. The van der Waals surface area contributed by atoms with Crippen LogP contribution in [0, 0.1) is 0 Å². The summed E-state index contributed by atoms with van der Waals surface area (Å²) in [5.74, 6) is 0. The van der Waals surface area contributed by atoms with Crippen molar-refractivity contribution in [2.24, 2.45) is 0 Å². The third-order valence-corrected chi connectivity index (χ3v) is 9.32. The highest BCUT2D eigenvalue weighted by Gasteiger charge is 1.91. The summed E-state index contributed by atoms with van der Waals surface area (Å²) in [5.41, 5.74) is 3.96. The highest BCUT2D eigenvalue weighted by molar-refractivity contribution is 5.82. The Labute approximate surface area is 428 Å². The lowest BCUT2D eigenvalue weighted by atomic mass is 10.2. The minimum Gasteiger partial charge on any atom is -0.265 e. The Morgan fingerprint density at radius 3 is 0.959 bits per heavy atom. The van der Waals surface area contributed by atoms with Crippen molar-refractivity contribution in [3.8, 4) is 0 Å². The van der Waals surface area contributed by atoms with E-state index in [1.165, 1.54) is 52.2 Å². The third-order valence-electron chi connectivity index (χ3n) is 9.32. The summed E-state index contributed by atoms with van der Waals surface area (Å²) in [7, 11) is 0. The molecule has 9 aromatic heterocycles. The molecule has 0 fully saturated rings. The van der Waals surface area contributed by atoms with Gasteiger partial charge in [-0.05, 0) is 82.2 Å². The molecule has 0 aliphatic carbocycles. The highest BCUT2D eigenvalue weighted by atomic mass is 14.9. The van der Waals surface area contributed by atoms with Crippen LogP contribution in [0.15, 0.2) is 301 Å². The van der Waals surface area contributed by atoms with Gasteiger partial charge in [0.2, 0.25) is 0 Å². The first-order chi connectivity index (χ1) is 36.8. The summed E-state index contributed by atoms with van der Waals surface area (Å²) in [5, 5.41) is 7.18. The van der Waals surface area contributed by atoms with Crippen LogP contribution in [-0.4, -0.2) is 74.8 Å². The van der Waals surface area contributed by atoms with Crippen LogP contribution >= 0.6 is 0 Å². The van der Waals surface area contributed by atoms with Crippen LogP contribution in [0.4, 0.5) is 0 Å². The van der Waals surface area contributed by atoms with Gasteiger partial charge in [0.1, 0.15) is 31.6 Å². The quantitative estimate of drug-likeness (QED) is 0.139. The van der Waals surface area contributed by atoms with Crippen molar-refractivity contribution in [3.05, 3.63) is 301 Å². The Balaban J connectivity index is 0.000000137. The van der Waals surface area contributed by atoms with Crippen LogP contribution in [0.2, 0.25) is 0 Å². The fraction of sp³-hybridized carbons (Fsp3) is 0. The molecule has 0 N–H and O–H groups in total. The van der Waals surface area contributed by atoms with Crippen molar-refractivity contribution in [1.82, 2.24) is 74.8 Å². The lowest BCUT2D eigenvalue weighted by molar-refractivity contribution is 1.05. The van der Waals surface area contributed by atoms with Crippen molar-refractivity contribution in [3.63, 3.8) is 0 Å². The van der Waals surface area contributed by atoms with Crippen molar-refractivity contribution in [2.75, 3.05) is 0 Å². The number of benzene rings is 5. The number of pyridine rings is 4. The number of hydrogen-bond donors (Lipinski definition) is 0. The summed E-state index contributed by atoms with van der Waals surface area (Å²) in [6, 6.07) is 55.7. The SMILES string of the molecule is c1ccc2cnccc2c1.c1ccc2cnccc2c1.c1ccc2ncccc2c1.c1ccc2nccnc2c1.c1ccc2ncncc2c1.c1ccncc1.c1cnccn1.c1cncnc1.c1ncncn1. The monoisotopic (exact) mass is 967 g/mol. The maximum atomic E-state index is 4.18. The van der Waals surface area contributed by atoms with Crippen molar-refractivity contribution in [1.29, 1.82) is 0 Å². The van der Waals surface area contributed by atoms with Gasteiger partial charge < -0.3 is 0 Å². The van der Waals surface area contributed by atoms with Crippen molar-refractivity contribution < 1.29 is 0 Å². The van der Waals surface area contributed by atoms with E-state index in [1.54, 1.807) is 74.4 Å². The molecule has 0 aliphatic rings. The molecule has 360 valence electrons. The van der Waals surface area contributed by atoms with Crippen LogP contribution in [0.5, 0.6) is 0 Å². The first-order valence-electron chi connectivity index (χ1n) is 22.8. The fourth-order valence-corrected chi connectivity index (χ4v) is 5.93. The third kappa shape index (κ3) is 20.9. The predicted molar refractivity (Wildman–Crippen MR) is 292 cm³/mol. The zero-order chi connectivity index (χ0) is 51.0. The predicted octanol–water partition coefficient (Wildman–Crippen LogP) is 11.9. The molecule has 9 heterocycles. The van der Waals surface area contributed by atoms with E-state index in [0.29, 0.717) is 0 Å². The first kappa shape index (κ1) is 52.7. The molecule has 0 amide bonds. The lowest BCUT2D eigenvalue weighted by Gasteiger charge is -1.91. The minimum absolute atomic E-state index is 0.949. The molecule has 0 bridgehead atoms. The zero-order valence-corrected chi connectivity index (χ0v) is 40.0. The van der Waals surface area contributed by atoms with Crippen LogP contribution < -0.4 is 0 Å². The Bertz CT molecular complexity index is 2640. The van der Waals surface area contributed by atoms with Crippen molar-refractivity contribution in [2.45, 2.75) is 0 Å². The number of aromatic nitrogens is 15. The van der Waals surface area contributed by atoms with Gasteiger partial charge in [0.05, 0.1) is 22.1 Å². The molecule has 14 rings (SSSR count). The summed E-state index contributed by atoms with van der Waals surface area (Å²) < 4.78 is 0. The van der Waals surface area contributed by atoms with Gasteiger partial charge in [-0.3, -0.25) is 39.9 Å². The molecule has 0 saturated carbocycles. The molecule has 0 atom stereocenters. The van der Waals surface area contributed by atoms with Gasteiger partial charge in [0.15, 0.2) is 0 Å². The largest absolute Gasteiger partial charge is 0.265 e. The van der Waals surface area contributed by atoms with E-state index in [2.05, 4.69) is 111 Å². The molecule has 0 aliphatic heterocycles. The second-order valence-corrected chi connectivity index (χ2v) is 14.4. The Kier molecular flexibility index (Phi) is 24.0. The summed E-state index contributed by atoms with van der Waals surface area (Å²) in [4.78, 5) is 57.7. The topological polar surface area (TPSA) is 193 Å². The Hall–Kier alpha value is -10.7. The van der Waals surface area contributed by atoms with Gasteiger partial charge in [-0.25, -0.2) is 34.9 Å². The number of hydrogen-bond acceptors (Lipinski definition) is 15. The molecular weight excluding hydrogens is 919 g/mol. The van der Waals surface area contributed by atoms with E-state index in [4.69, 9.17) is 0 Å². The Morgan fingerprint density at radius 1 is 0.162 bits per heavy atom. The van der Waals surface area contributed by atoms with E-state index in [9.17, 15) is 0 Å². The first-order valence-corrected chi connectivity index (χ1v) is 22.8. The molecule has 5 aromatic carbocycles. The number of nitrogens with zero attached hydrogens (tertiary/aromatic N) is 15. The van der Waals surface area contributed by atoms with E-state index in [0.717, 1.165) is 27.5 Å². The normalized spacial score (nSPS) is 9.35. The molecule has 0 radical (unpaired) electrons. The molecule has 15 nitrogen and oxygen atoms in total. The molecular formula is C59H49N15. The van der Waals surface area contributed by atoms with Crippen LogP contribution in [-0.2, 0) is 0 Å². The van der Waals surface area contributed by atoms with E-state index >= 15 is 0 Å². The molecule has 74 heavy (non-hydrogen) atoms. The lowest BCUT2D eigenvalue weighted by Crippen LogP contribution is -1.78. The molecule has 15 heteroatoms. The maximum absolute atomic E-state index is 4.18. The summed E-state index contributed by atoms with van der Waals surface area (Å²) >= 11 is 0. The number of fused-ring (bicyclic) bond motifs is 5. The number of para-hydroxylation sites is 4. The zero-order valence-electron chi connectivity index (χ0n) is 40.0. The smallest absolute Gasteiger partial charge is 0.119 e. The minimum atomic E-state index is 0.949. The van der Waals surface area contributed by atoms with E-state index in [-0.39, 0.29) is 0 Å². The van der Waals surface area contributed by atoms with Gasteiger partial charge in [-0.1, -0.05) is 109 Å². The standard InChI is InChI=1S/3C9H7N.2C8H6N2.C5H5N.2C4H4N2.C3H3N3/c1-2-6-9-8(4-1)5-3-7-10-9;2*1-2-4-9-7-10-6-5-8(9)3-1;1-2-4-8-7(3-1)5-9-6-10-8;1-2-4-8-7(3-1)9-5-6-10-8;1-2-4-6-5-3-1;1-2-6-4-3-5-1;1-2-5-4-6-3-1;1-4-2-6-3-5-1/h3*1-7H;2*1-6H;1-5H;2*1-4H;1-3H. The molecule has 0 unspecified atom stereocenters. The number of rotatable bonds is 0. The molecule has 0 saturated heterocycles. The highest BCUT2D eigenvalue weighted by Crippen LogP contribution is 2.11. The van der Waals surface area contributed by atoms with E-state index in [1.807, 2.05) is 165 Å². The second kappa shape index (κ2) is 33.8. The van der Waals surface area contributed by atoms with Gasteiger partial charge in [-0.2, -0.15) is 0 Å². The molecule has 0 spiro atoms. The van der Waals surface area contributed by atoms with Gasteiger partial charge in [0, 0.05) is 110 Å². The average Bonchev–Trinajstić information content (AvgIpc) is 3.52. The summed E-state index contributed by atoms with van der Waals surface area (Å²) in [6.07, 6.45) is 35.2. The van der Waals surface area contributed by atoms with E-state index < -0.39 is 0 Å². The molecule has 14 aromatic rings. The average molecular weight is 968 g/mol. The summed E-state index contributed by atoms with van der Waals surface area (Å²) in [6.45, 7) is 0. The Morgan fingerprint density at radius 2 is 0.554 bits per heavy atom. The van der Waals surface area contributed by atoms with Gasteiger partial charge in [-0.15, -0.1) is 0 Å². The van der Waals surface area contributed by atoms with Crippen molar-refractivity contribution >= 4 is 54.4 Å². The fourth-order valence-electron chi connectivity index (χ4n) is 5.93. The van der Waals surface area contributed by atoms with Crippen LogP contribution in [0.25, 0.3) is 54.4 Å². The van der Waals surface area contributed by atoms with Gasteiger partial charge >= 0.3 is 0 Å². The van der Waals surface area contributed by atoms with Crippen LogP contribution in [0.1, 0.15) is 0 Å². The maximum Gasteiger partial charge on any atom is 0.119 e. The van der Waals surface area contributed by atoms with Crippen LogP contribution in [0.3, 0.4) is 0 Å². The van der Waals surface area contributed by atoms with Gasteiger partial charge in [0.25, 0.3) is 0 Å².